The van der Waals surface area contributed by atoms with E-state index in [2.05, 4.69) is 10.0 Å². The van der Waals surface area contributed by atoms with Crippen molar-refractivity contribution in [2.75, 3.05) is 11.9 Å². The molecule has 2 aromatic rings. The molecular weight excluding hydrogens is 372 g/mol. The summed E-state index contributed by atoms with van der Waals surface area (Å²) >= 11 is 1.20. The zero-order chi connectivity index (χ0) is 19.2. The van der Waals surface area contributed by atoms with E-state index in [9.17, 15) is 13.2 Å². The number of nitrogens with one attached hydrogen (secondary N) is 2. The molecule has 2 N–H and O–H groups in total. The molecule has 0 bridgehead atoms. The summed E-state index contributed by atoms with van der Waals surface area (Å²) in [5, 5.41) is 4.41. The topological polar surface area (TPSA) is 84.5 Å². The Morgan fingerprint density at radius 3 is 2.42 bits per heavy atom. The van der Waals surface area contributed by atoms with E-state index < -0.39 is 21.7 Å². The van der Waals surface area contributed by atoms with Crippen LogP contribution in [-0.4, -0.2) is 26.7 Å². The van der Waals surface area contributed by atoms with E-state index in [0.29, 0.717) is 22.9 Å². The first-order chi connectivity index (χ1) is 12.2. The van der Waals surface area contributed by atoms with Gasteiger partial charge in [-0.15, -0.1) is 11.3 Å². The van der Waals surface area contributed by atoms with Crippen molar-refractivity contribution in [1.82, 2.24) is 4.72 Å². The van der Waals surface area contributed by atoms with Gasteiger partial charge in [0.2, 0.25) is 10.0 Å². The predicted molar refractivity (Wildman–Crippen MR) is 104 cm³/mol. The maximum absolute atomic E-state index is 12.0. The first kappa shape index (κ1) is 20.4. The third kappa shape index (κ3) is 6.78. The van der Waals surface area contributed by atoms with Crippen molar-refractivity contribution in [3.63, 3.8) is 0 Å². The smallest absolute Gasteiger partial charge is 0.412 e. The highest BCUT2D eigenvalue weighted by Crippen LogP contribution is 2.16. The van der Waals surface area contributed by atoms with E-state index in [1.165, 1.54) is 11.3 Å². The Bertz CT molecular complexity index is 808. The van der Waals surface area contributed by atoms with Gasteiger partial charge < -0.3 is 4.74 Å². The van der Waals surface area contributed by atoms with Crippen LogP contribution in [0.15, 0.2) is 46.0 Å². The average molecular weight is 397 g/mol. The minimum absolute atomic E-state index is 0.329. The standard InChI is InChI=1S/C18H24N2O4S2/c1-18(2,3)24-17(21)20-15-10-8-14(9-11-15)6-4-12-19-26(22,23)16-7-5-13-25-16/h5,7-11,13,19H,4,6,12H2,1-3H3,(H,20,21). The normalized spacial score (nSPS) is 12.0. The summed E-state index contributed by atoms with van der Waals surface area (Å²) in [6, 6.07) is 10.7. The van der Waals surface area contributed by atoms with Gasteiger partial charge in [-0.05, 0) is 62.8 Å². The molecule has 1 heterocycles. The molecule has 6 nitrogen and oxygen atoms in total. The molecule has 0 saturated carbocycles. The monoisotopic (exact) mass is 396 g/mol. The van der Waals surface area contributed by atoms with E-state index >= 15 is 0 Å². The number of benzene rings is 1. The van der Waals surface area contributed by atoms with Gasteiger partial charge in [-0.3, -0.25) is 5.32 Å². The number of carbonyl (C=O) groups is 1. The molecule has 0 saturated heterocycles. The fourth-order valence-corrected chi connectivity index (χ4v) is 4.27. The van der Waals surface area contributed by atoms with Crippen molar-refractivity contribution >= 4 is 33.1 Å². The third-order valence-electron chi connectivity index (χ3n) is 3.29. The molecule has 1 aromatic carbocycles. The first-order valence-electron chi connectivity index (χ1n) is 8.28. The Morgan fingerprint density at radius 2 is 1.85 bits per heavy atom. The zero-order valence-corrected chi connectivity index (χ0v) is 16.7. The van der Waals surface area contributed by atoms with Crippen LogP contribution in [0.25, 0.3) is 0 Å². The fourth-order valence-electron chi connectivity index (χ4n) is 2.16. The number of hydrogen-bond acceptors (Lipinski definition) is 5. The van der Waals surface area contributed by atoms with E-state index in [0.717, 1.165) is 12.0 Å². The second-order valence-corrected chi connectivity index (χ2v) is 9.70. The van der Waals surface area contributed by atoms with E-state index in [1.807, 2.05) is 32.9 Å². The van der Waals surface area contributed by atoms with Crippen LogP contribution in [0.5, 0.6) is 0 Å². The van der Waals surface area contributed by atoms with Gasteiger partial charge in [0.1, 0.15) is 9.81 Å². The summed E-state index contributed by atoms with van der Waals surface area (Å²) in [7, 11) is -3.40. The summed E-state index contributed by atoms with van der Waals surface area (Å²) in [6.07, 6.45) is 0.927. The van der Waals surface area contributed by atoms with E-state index in [4.69, 9.17) is 4.74 Å². The molecule has 0 radical (unpaired) electrons. The molecule has 2 rings (SSSR count). The van der Waals surface area contributed by atoms with Crippen LogP contribution in [-0.2, 0) is 21.2 Å². The highest BCUT2D eigenvalue weighted by atomic mass is 32.2. The number of hydrogen-bond donors (Lipinski definition) is 2. The molecule has 0 spiro atoms. The molecule has 1 aromatic heterocycles. The first-order valence-corrected chi connectivity index (χ1v) is 10.6. The lowest BCUT2D eigenvalue weighted by Crippen LogP contribution is -2.27. The van der Waals surface area contributed by atoms with Gasteiger partial charge in [0, 0.05) is 12.2 Å². The van der Waals surface area contributed by atoms with Crippen LogP contribution >= 0.6 is 11.3 Å². The summed E-state index contributed by atoms with van der Waals surface area (Å²) in [5.74, 6) is 0. The molecule has 26 heavy (non-hydrogen) atoms. The minimum atomic E-state index is -3.40. The molecule has 0 aliphatic rings. The van der Waals surface area contributed by atoms with E-state index in [1.54, 1.807) is 29.6 Å². The molecule has 0 fully saturated rings. The second kappa shape index (κ2) is 8.66. The zero-order valence-electron chi connectivity index (χ0n) is 15.1. The SMILES string of the molecule is CC(C)(C)OC(=O)Nc1ccc(CCCNS(=O)(=O)c2cccs2)cc1. The van der Waals surface area contributed by atoms with Crippen molar-refractivity contribution in [3.05, 3.63) is 47.3 Å². The lowest BCUT2D eigenvalue weighted by Gasteiger charge is -2.19. The molecule has 0 atom stereocenters. The Labute approximate surface area is 158 Å². The van der Waals surface area contributed by atoms with Crippen molar-refractivity contribution in [3.8, 4) is 0 Å². The largest absolute Gasteiger partial charge is 0.444 e. The number of amides is 1. The summed E-state index contributed by atoms with van der Waals surface area (Å²) < 4.78 is 32.1. The fraction of sp³-hybridized carbons (Fsp3) is 0.389. The van der Waals surface area contributed by atoms with Crippen molar-refractivity contribution in [2.24, 2.45) is 0 Å². The van der Waals surface area contributed by atoms with Gasteiger partial charge in [0.05, 0.1) is 0 Å². The molecular formula is C18H24N2O4S2. The Kier molecular flexibility index (Phi) is 6.80. The summed E-state index contributed by atoms with van der Waals surface area (Å²) in [5.41, 5.74) is 1.18. The predicted octanol–water partition coefficient (Wildman–Crippen LogP) is 4.01. The number of rotatable bonds is 7. The molecule has 8 heteroatoms. The van der Waals surface area contributed by atoms with E-state index in [-0.39, 0.29) is 0 Å². The van der Waals surface area contributed by atoms with Crippen LogP contribution in [0.1, 0.15) is 32.8 Å². The Morgan fingerprint density at radius 1 is 1.15 bits per heavy atom. The van der Waals surface area contributed by atoms with Gasteiger partial charge in [0.25, 0.3) is 0 Å². The third-order valence-corrected chi connectivity index (χ3v) is 6.15. The quantitative estimate of drug-likeness (QED) is 0.693. The highest BCUT2D eigenvalue weighted by molar-refractivity contribution is 7.91. The average Bonchev–Trinajstić information content (AvgIpc) is 3.06. The van der Waals surface area contributed by atoms with Crippen molar-refractivity contribution in [1.29, 1.82) is 0 Å². The number of anilines is 1. The van der Waals surface area contributed by atoms with Crippen LogP contribution in [0.2, 0.25) is 0 Å². The number of ether oxygens (including phenoxy) is 1. The Balaban J connectivity index is 1.76. The van der Waals surface area contributed by atoms with Gasteiger partial charge in [-0.2, -0.15) is 0 Å². The van der Waals surface area contributed by atoms with Crippen molar-refractivity contribution < 1.29 is 17.9 Å². The van der Waals surface area contributed by atoms with Crippen LogP contribution in [0.3, 0.4) is 0 Å². The molecule has 1 amide bonds. The Hall–Kier alpha value is -1.90. The number of aryl methyl sites for hydroxylation is 1. The molecule has 0 aliphatic carbocycles. The van der Waals surface area contributed by atoms with Crippen LogP contribution in [0.4, 0.5) is 10.5 Å². The number of sulfonamides is 1. The van der Waals surface area contributed by atoms with Crippen molar-refractivity contribution in [2.45, 2.75) is 43.4 Å². The molecule has 142 valence electrons. The van der Waals surface area contributed by atoms with Crippen LogP contribution < -0.4 is 10.0 Å². The summed E-state index contributed by atoms with van der Waals surface area (Å²) in [4.78, 5) is 11.7. The molecule has 0 aliphatic heterocycles. The molecule has 0 unspecified atom stereocenters. The minimum Gasteiger partial charge on any atom is -0.444 e. The lowest BCUT2D eigenvalue weighted by atomic mass is 10.1. The second-order valence-electron chi connectivity index (χ2n) is 6.76. The van der Waals surface area contributed by atoms with Gasteiger partial charge >= 0.3 is 6.09 Å². The van der Waals surface area contributed by atoms with Crippen LogP contribution in [0, 0.1) is 0 Å². The number of carbonyl (C=O) groups excluding carboxylic acids is 1. The maximum Gasteiger partial charge on any atom is 0.412 e. The highest BCUT2D eigenvalue weighted by Gasteiger charge is 2.16. The number of thiophene rings is 1. The van der Waals surface area contributed by atoms with Gasteiger partial charge in [-0.1, -0.05) is 18.2 Å². The van der Waals surface area contributed by atoms with Gasteiger partial charge in [0.15, 0.2) is 0 Å². The summed E-state index contributed by atoms with van der Waals surface area (Å²) in [6.45, 7) is 5.80. The maximum atomic E-state index is 12.0. The van der Waals surface area contributed by atoms with Gasteiger partial charge in [-0.25, -0.2) is 17.9 Å². The lowest BCUT2D eigenvalue weighted by molar-refractivity contribution is 0.0636.